The Morgan fingerprint density at radius 2 is 2.08 bits per heavy atom. The highest BCUT2D eigenvalue weighted by molar-refractivity contribution is 9.10. The molecule has 1 aliphatic rings. The molecule has 0 aliphatic carbocycles. The van der Waals surface area contributed by atoms with Crippen LogP contribution in [0.1, 0.15) is 5.56 Å². The van der Waals surface area contributed by atoms with Gasteiger partial charge in [-0.15, -0.1) is 5.10 Å². The molecule has 0 atom stereocenters. The van der Waals surface area contributed by atoms with Crippen LogP contribution in [0.2, 0.25) is 0 Å². The van der Waals surface area contributed by atoms with Crippen molar-refractivity contribution in [2.75, 3.05) is 13.2 Å². The van der Waals surface area contributed by atoms with Crippen molar-refractivity contribution >= 4 is 21.8 Å². The van der Waals surface area contributed by atoms with E-state index in [2.05, 4.69) is 26.5 Å². The first-order valence-corrected chi connectivity index (χ1v) is 4.85. The molecule has 0 spiro atoms. The second kappa shape index (κ2) is 3.79. The highest BCUT2D eigenvalue weighted by atomic mass is 79.9. The monoisotopic (exact) mass is 240 g/mol. The van der Waals surface area contributed by atoms with E-state index < -0.39 is 0 Å². The van der Waals surface area contributed by atoms with Crippen LogP contribution in [0, 0.1) is 0 Å². The molecule has 1 aromatic rings. The van der Waals surface area contributed by atoms with Crippen molar-refractivity contribution in [3.63, 3.8) is 0 Å². The number of hydrazone groups is 1. The van der Waals surface area contributed by atoms with Crippen LogP contribution in [-0.2, 0) is 4.74 Å². The van der Waals surface area contributed by atoms with E-state index >= 15 is 0 Å². The lowest BCUT2D eigenvalue weighted by Crippen LogP contribution is -2.26. The smallest absolute Gasteiger partial charge is 0.237 e. The Morgan fingerprint density at radius 1 is 1.31 bits per heavy atom. The normalized spacial score (nSPS) is 15.6. The molecule has 0 saturated heterocycles. The Balaban J connectivity index is 2.24. The molecule has 4 heteroatoms. The van der Waals surface area contributed by atoms with E-state index in [1.54, 1.807) is 0 Å². The maximum Gasteiger partial charge on any atom is 0.237 e. The molecule has 0 saturated carbocycles. The molecular formula is C9H9BrN2O. The second-order valence-electron chi connectivity index (χ2n) is 2.68. The lowest BCUT2D eigenvalue weighted by atomic mass is 10.2. The molecule has 2 rings (SSSR count). The van der Waals surface area contributed by atoms with Crippen LogP contribution in [0.25, 0.3) is 0 Å². The minimum Gasteiger partial charge on any atom is -0.474 e. The minimum absolute atomic E-state index is 0.666. The zero-order chi connectivity index (χ0) is 9.10. The van der Waals surface area contributed by atoms with Gasteiger partial charge in [0.05, 0.1) is 6.54 Å². The van der Waals surface area contributed by atoms with Crippen LogP contribution in [0.4, 0.5) is 0 Å². The van der Waals surface area contributed by atoms with E-state index in [0.717, 1.165) is 16.6 Å². The predicted molar refractivity (Wildman–Crippen MR) is 54.6 cm³/mol. The van der Waals surface area contributed by atoms with Gasteiger partial charge in [-0.2, -0.15) is 0 Å². The summed E-state index contributed by atoms with van der Waals surface area (Å²) in [6.45, 7) is 1.45. The fourth-order valence-corrected chi connectivity index (χ4v) is 1.36. The van der Waals surface area contributed by atoms with Gasteiger partial charge in [-0.25, -0.2) is 0 Å². The molecule has 0 fully saturated rings. The number of nitrogens with one attached hydrogen (secondary N) is 1. The van der Waals surface area contributed by atoms with Crippen LogP contribution >= 0.6 is 15.9 Å². The lowest BCUT2D eigenvalue weighted by Gasteiger charge is -2.14. The largest absolute Gasteiger partial charge is 0.474 e. The van der Waals surface area contributed by atoms with Gasteiger partial charge >= 0.3 is 0 Å². The third-order valence-corrected chi connectivity index (χ3v) is 2.25. The number of hydrogen-bond donors (Lipinski definition) is 1. The first kappa shape index (κ1) is 8.56. The van der Waals surface area contributed by atoms with E-state index in [1.807, 2.05) is 24.3 Å². The minimum atomic E-state index is 0.666. The molecule has 3 nitrogen and oxygen atoms in total. The topological polar surface area (TPSA) is 33.6 Å². The third kappa shape index (κ3) is 2.01. The number of hydrogen-bond acceptors (Lipinski definition) is 3. The molecule has 1 heterocycles. The van der Waals surface area contributed by atoms with Crippen LogP contribution in [0.5, 0.6) is 0 Å². The van der Waals surface area contributed by atoms with E-state index in [-0.39, 0.29) is 0 Å². The number of rotatable bonds is 1. The molecule has 0 radical (unpaired) electrons. The Labute approximate surface area is 84.9 Å². The van der Waals surface area contributed by atoms with Crippen LogP contribution in [0.15, 0.2) is 33.8 Å². The average molecular weight is 241 g/mol. The number of benzene rings is 1. The fraction of sp³-hybridized carbons (Fsp3) is 0.222. The van der Waals surface area contributed by atoms with Gasteiger partial charge in [0.2, 0.25) is 5.90 Å². The molecule has 0 amide bonds. The van der Waals surface area contributed by atoms with Gasteiger partial charge in [0.1, 0.15) is 6.61 Å². The van der Waals surface area contributed by atoms with Gasteiger partial charge in [-0.05, 0) is 24.3 Å². The zero-order valence-electron chi connectivity index (χ0n) is 6.96. The van der Waals surface area contributed by atoms with Gasteiger partial charge in [0, 0.05) is 10.0 Å². The van der Waals surface area contributed by atoms with E-state index in [0.29, 0.717) is 12.5 Å². The van der Waals surface area contributed by atoms with Crippen molar-refractivity contribution in [2.45, 2.75) is 0 Å². The molecule has 0 bridgehead atoms. The first-order valence-electron chi connectivity index (χ1n) is 4.05. The van der Waals surface area contributed by atoms with Crippen LogP contribution in [0.3, 0.4) is 0 Å². The summed E-state index contributed by atoms with van der Waals surface area (Å²) in [5.74, 6) is 0.666. The maximum absolute atomic E-state index is 5.38. The molecule has 0 unspecified atom stereocenters. The first-order chi connectivity index (χ1) is 6.36. The highest BCUT2D eigenvalue weighted by Gasteiger charge is 2.07. The Bertz CT molecular complexity index is 321. The molecule has 1 aliphatic heterocycles. The summed E-state index contributed by atoms with van der Waals surface area (Å²) in [6.07, 6.45) is 0. The van der Waals surface area contributed by atoms with Crippen LogP contribution < -0.4 is 5.43 Å². The van der Waals surface area contributed by atoms with E-state index in [9.17, 15) is 0 Å². The number of ether oxygens (including phenoxy) is 1. The summed E-state index contributed by atoms with van der Waals surface area (Å²) >= 11 is 3.37. The maximum atomic E-state index is 5.38. The summed E-state index contributed by atoms with van der Waals surface area (Å²) in [5.41, 5.74) is 3.89. The van der Waals surface area contributed by atoms with Crippen molar-refractivity contribution in [3.05, 3.63) is 34.3 Å². The summed E-state index contributed by atoms with van der Waals surface area (Å²) in [4.78, 5) is 0. The zero-order valence-corrected chi connectivity index (χ0v) is 8.54. The summed E-state index contributed by atoms with van der Waals surface area (Å²) in [6, 6.07) is 7.87. The van der Waals surface area contributed by atoms with Gasteiger partial charge in [-0.1, -0.05) is 15.9 Å². The standard InChI is InChI=1S/C9H9BrN2O/c10-8-3-1-7(2-4-8)9-12-11-5-6-13-9/h1-4,11H,5-6H2. The Hall–Kier alpha value is -1.03. The average Bonchev–Trinajstić information content (AvgIpc) is 2.20. The highest BCUT2D eigenvalue weighted by Crippen LogP contribution is 2.12. The van der Waals surface area contributed by atoms with Crippen molar-refractivity contribution in [3.8, 4) is 0 Å². The van der Waals surface area contributed by atoms with Crippen molar-refractivity contribution < 1.29 is 4.74 Å². The summed E-state index contributed by atoms with van der Waals surface area (Å²) < 4.78 is 6.43. The van der Waals surface area contributed by atoms with Crippen molar-refractivity contribution in [1.29, 1.82) is 0 Å². The molecule has 13 heavy (non-hydrogen) atoms. The number of nitrogens with zero attached hydrogens (tertiary/aromatic N) is 1. The van der Waals surface area contributed by atoms with E-state index in [4.69, 9.17) is 4.74 Å². The van der Waals surface area contributed by atoms with E-state index in [1.165, 1.54) is 0 Å². The molecule has 68 valence electrons. The van der Waals surface area contributed by atoms with Gasteiger partial charge < -0.3 is 10.2 Å². The quantitative estimate of drug-likeness (QED) is 0.812. The number of halogens is 1. The fourth-order valence-electron chi connectivity index (χ4n) is 1.09. The van der Waals surface area contributed by atoms with Crippen molar-refractivity contribution in [1.82, 2.24) is 5.43 Å². The molecule has 1 N–H and O–H groups in total. The third-order valence-electron chi connectivity index (χ3n) is 1.72. The molecule has 0 aromatic heterocycles. The van der Waals surface area contributed by atoms with Crippen molar-refractivity contribution in [2.24, 2.45) is 5.10 Å². The summed E-state index contributed by atoms with van der Waals surface area (Å²) in [7, 11) is 0. The second-order valence-corrected chi connectivity index (χ2v) is 3.60. The summed E-state index contributed by atoms with van der Waals surface area (Å²) in [5, 5.41) is 4.06. The molecule has 1 aromatic carbocycles. The Morgan fingerprint density at radius 3 is 2.69 bits per heavy atom. The van der Waals surface area contributed by atoms with Gasteiger partial charge in [0.25, 0.3) is 0 Å². The van der Waals surface area contributed by atoms with Crippen LogP contribution in [-0.4, -0.2) is 19.0 Å². The predicted octanol–water partition coefficient (Wildman–Crippen LogP) is 1.73. The lowest BCUT2D eigenvalue weighted by molar-refractivity contribution is 0.279. The molecular weight excluding hydrogens is 232 g/mol. The SMILES string of the molecule is Brc1ccc(C2=NNCCO2)cc1. The van der Waals surface area contributed by atoms with Gasteiger partial charge in [0.15, 0.2) is 0 Å². The Kier molecular flexibility index (Phi) is 2.49. The van der Waals surface area contributed by atoms with Gasteiger partial charge in [-0.3, -0.25) is 0 Å².